The van der Waals surface area contributed by atoms with E-state index in [1.807, 2.05) is 60.0 Å². The third-order valence-electron chi connectivity index (χ3n) is 2.76. The molecule has 18 heavy (non-hydrogen) atoms. The van der Waals surface area contributed by atoms with Crippen LogP contribution in [0.5, 0.6) is 0 Å². The van der Waals surface area contributed by atoms with Crippen molar-refractivity contribution in [1.29, 1.82) is 0 Å². The van der Waals surface area contributed by atoms with Gasteiger partial charge in [0, 0.05) is 5.69 Å². The second-order valence-corrected chi connectivity index (χ2v) is 4.91. The number of hydrogen-bond acceptors (Lipinski definition) is 2. The van der Waals surface area contributed by atoms with Crippen LogP contribution in [-0.4, -0.2) is 10.8 Å². The van der Waals surface area contributed by atoms with Gasteiger partial charge in [-0.1, -0.05) is 36.4 Å². The molecule has 0 amide bonds. The number of aromatic nitrogens is 1. The Morgan fingerprint density at radius 2 is 1.78 bits per heavy atom. The summed E-state index contributed by atoms with van der Waals surface area (Å²) in [6.07, 6.45) is 0. The highest BCUT2D eigenvalue weighted by atomic mass is 32.1. The SMILES string of the molecule is O=C(c1ccc(-c2ccccc2)[nH]1)c1cccs1. The minimum atomic E-state index is 0.0483. The maximum atomic E-state index is 12.1. The molecule has 0 bridgehead atoms. The lowest BCUT2D eigenvalue weighted by molar-refractivity contribution is 0.103. The van der Waals surface area contributed by atoms with Gasteiger partial charge in [-0.05, 0) is 29.1 Å². The van der Waals surface area contributed by atoms with Crippen LogP contribution in [0.2, 0.25) is 0 Å². The zero-order chi connectivity index (χ0) is 12.4. The molecule has 3 aromatic rings. The molecular weight excluding hydrogens is 242 g/mol. The van der Waals surface area contributed by atoms with Crippen LogP contribution in [0.15, 0.2) is 60.0 Å². The van der Waals surface area contributed by atoms with Crippen molar-refractivity contribution in [3.8, 4) is 11.3 Å². The maximum Gasteiger partial charge on any atom is 0.219 e. The molecule has 2 heterocycles. The van der Waals surface area contributed by atoms with Crippen molar-refractivity contribution >= 4 is 17.1 Å². The highest BCUT2D eigenvalue weighted by Gasteiger charge is 2.12. The summed E-state index contributed by atoms with van der Waals surface area (Å²) in [6.45, 7) is 0. The van der Waals surface area contributed by atoms with Crippen LogP contribution in [0, 0.1) is 0 Å². The van der Waals surface area contributed by atoms with Crippen molar-refractivity contribution in [1.82, 2.24) is 4.98 Å². The van der Waals surface area contributed by atoms with Gasteiger partial charge in [-0.15, -0.1) is 11.3 Å². The molecule has 0 radical (unpaired) electrons. The van der Waals surface area contributed by atoms with Gasteiger partial charge in [-0.2, -0.15) is 0 Å². The Morgan fingerprint density at radius 1 is 0.944 bits per heavy atom. The molecule has 0 atom stereocenters. The van der Waals surface area contributed by atoms with Crippen molar-refractivity contribution in [2.24, 2.45) is 0 Å². The molecule has 1 N–H and O–H groups in total. The molecule has 0 aliphatic rings. The van der Waals surface area contributed by atoms with Crippen molar-refractivity contribution in [2.45, 2.75) is 0 Å². The van der Waals surface area contributed by atoms with E-state index in [0.717, 1.165) is 16.1 Å². The van der Waals surface area contributed by atoms with Gasteiger partial charge in [-0.3, -0.25) is 4.79 Å². The monoisotopic (exact) mass is 253 g/mol. The molecule has 2 aromatic heterocycles. The van der Waals surface area contributed by atoms with Crippen LogP contribution in [0.1, 0.15) is 15.4 Å². The summed E-state index contributed by atoms with van der Waals surface area (Å²) < 4.78 is 0. The number of carbonyl (C=O) groups excluding carboxylic acids is 1. The molecule has 3 heteroatoms. The van der Waals surface area contributed by atoms with Crippen molar-refractivity contribution < 1.29 is 4.79 Å². The van der Waals surface area contributed by atoms with Crippen LogP contribution in [-0.2, 0) is 0 Å². The average molecular weight is 253 g/mol. The summed E-state index contributed by atoms with van der Waals surface area (Å²) in [5.41, 5.74) is 2.69. The van der Waals surface area contributed by atoms with Gasteiger partial charge in [0.25, 0.3) is 0 Å². The van der Waals surface area contributed by atoms with E-state index < -0.39 is 0 Å². The predicted octanol–water partition coefficient (Wildman–Crippen LogP) is 3.97. The van der Waals surface area contributed by atoms with Gasteiger partial charge < -0.3 is 4.98 Å². The fourth-order valence-electron chi connectivity index (χ4n) is 1.85. The zero-order valence-electron chi connectivity index (χ0n) is 9.59. The zero-order valence-corrected chi connectivity index (χ0v) is 10.4. The fourth-order valence-corrected chi connectivity index (χ4v) is 2.53. The molecular formula is C15H11NOS. The summed E-state index contributed by atoms with van der Waals surface area (Å²) in [6, 6.07) is 17.5. The standard InChI is InChI=1S/C15H11NOS/c17-15(14-7-4-10-18-14)13-9-8-12(16-13)11-5-2-1-3-6-11/h1-10,16H. The van der Waals surface area contributed by atoms with Crippen LogP contribution < -0.4 is 0 Å². The smallest absolute Gasteiger partial charge is 0.219 e. The Morgan fingerprint density at radius 3 is 2.50 bits per heavy atom. The van der Waals surface area contributed by atoms with E-state index in [4.69, 9.17) is 0 Å². The molecule has 0 aliphatic heterocycles. The van der Waals surface area contributed by atoms with Crippen LogP contribution >= 0.6 is 11.3 Å². The molecule has 0 spiro atoms. The summed E-state index contributed by atoms with van der Waals surface area (Å²) >= 11 is 1.46. The summed E-state index contributed by atoms with van der Waals surface area (Å²) in [5, 5.41) is 1.91. The maximum absolute atomic E-state index is 12.1. The lowest BCUT2D eigenvalue weighted by atomic mass is 10.2. The van der Waals surface area contributed by atoms with Gasteiger partial charge in [0.1, 0.15) is 0 Å². The summed E-state index contributed by atoms with van der Waals surface area (Å²) in [4.78, 5) is 16.1. The molecule has 1 aromatic carbocycles. The number of thiophene rings is 1. The number of nitrogens with one attached hydrogen (secondary N) is 1. The summed E-state index contributed by atoms with van der Waals surface area (Å²) in [7, 11) is 0. The molecule has 0 aliphatic carbocycles. The fraction of sp³-hybridized carbons (Fsp3) is 0. The van der Waals surface area contributed by atoms with E-state index in [1.54, 1.807) is 0 Å². The van der Waals surface area contributed by atoms with Gasteiger partial charge >= 0.3 is 0 Å². The highest BCUT2D eigenvalue weighted by molar-refractivity contribution is 7.12. The molecule has 2 nitrogen and oxygen atoms in total. The first-order valence-corrected chi connectivity index (χ1v) is 6.55. The van der Waals surface area contributed by atoms with E-state index in [-0.39, 0.29) is 5.78 Å². The van der Waals surface area contributed by atoms with Gasteiger partial charge in [0.05, 0.1) is 10.6 Å². The minimum Gasteiger partial charge on any atom is -0.352 e. The van der Waals surface area contributed by atoms with Crippen LogP contribution in [0.25, 0.3) is 11.3 Å². The lowest BCUT2D eigenvalue weighted by Gasteiger charge is -1.97. The Bertz CT molecular complexity index is 653. The number of H-pyrrole nitrogens is 1. The molecule has 0 saturated carbocycles. The Kier molecular flexibility index (Phi) is 2.82. The number of ketones is 1. The molecule has 3 rings (SSSR count). The normalized spacial score (nSPS) is 10.4. The number of carbonyl (C=O) groups is 1. The second-order valence-electron chi connectivity index (χ2n) is 3.96. The number of rotatable bonds is 3. The highest BCUT2D eigenvalue weighted by Crippen LogP contribution is 2.20. The topological polar surface area (TPSA) is 32.9 Å². The first-order chi connectivity index (χ1) is 8.84. The van der Waals surface area contributed by atoms with E-state index in [1.165, 1.54) is 11.3 Å². The Hall–Kier alpha value is -2.13. The van der Waals surface area contributed by atoms with E-state index in [2.05, 4.69) is 4.98 Å². The molecule has 0 saturated heterocycles. The van der Waals surface area contributed by atoms with Gasteiger partial charge in [0.15, 0.2) is 0 Å². The van der Waals surface area contributed by atoms with Crippen molar-refractivity contribution in [3.05, 3.63) is 70.5 Å². The summed E-state index contributed by atoms with van der Waals surface area (Å²) in [5.74, 6) is 0.0483. The third-order valence-corrected chi connectivity index (χ3v) is 3.63. The van der Waals surface area contributed by atoms with E-state index in [0.29, 0.717) is 5.69 Å². The van der Waals surface area contributed by atoms with Gasteiger partial charge in [0.2, 0.25) is 5.78 Å². The lowest BCUT2D eigenvalue weighted by Crippen LogP contribution is -1.98. The third kappa shape index (κ3) is 2.00. The Labute approximate surface area is 109 Å². The van der Waals surface area contributed by atoms with Crippen LogP contribution in [0.3, 0.4) is 0 Å². The van der Waals surface area contributed by atoms with Crippen molar-refractivity contribution in [3.63, 3.8) is 0 Å². The average Bonchev–Trinajstić information content (AvgIpc) is 3.10. The predicted molar refractivity (Wildman–Crippen MR) is 74.0 cm³/mol. The van der Waals surface area contributed by atoms with E-state index >= 15 is 0 Å². The quantitative estimate of drug-likeness (QED) is 0.704. The number of aromatic amines is 1. The number of benzene rings is 1. The van der Waals surface area contributed by atoms with Gasteiger partial charge in [-0.25, -0.2) is 0 Å². The number of hydrogen-bond donors (Lipinski definition) is 1. The second kappa shape index (κ2) is 4.63. The van der Waals surface area contributed by atoms with Crippen molar-refractivity contribution in [2.75, 3.05) is 0 Å². The largest absolute Gasteiger partial charge is 0.352 e. The van der Waals surface area contributed by atoms with E-state index in [9.17, 15) is 4.79 Å². The minimum absolute atomic E-state index is 0.0483. The molecule has 88 valence electrons. The Balaban J connectivity index is 1.93. The first kappa shape index (κ1) is 11.0. The molecule has 0 unspecified atom stereocenters. The molecule has 0 fully saturated rings. The van der Waals surface area contributed by atoms with Crippen LogP contribution in [0.4, 0.5) is 0 Å². The first-order valence-electron chi connectivity index (χ1n) is 5.67.